The lowest BCUT2D eigenvalue weighted by atomic mass is 9.43. The van der Waals surface area contributed by atoms with Crippen LogP contribution in [0.1, 0.15) is 52.9 Å². The highest BCUT2D eigenvalue weighted by atomic mass is 16.8. The Balaban J connectivity index is 1.18. The van der Waals surface area contributed by atoms with Gasteiger partial charge in [-0.3, -0.25) is 4.79 Å². The van der Waals surface area contributed by atoms with Crippen LogP contribution >= 0.6 is 0 Å². The minimum Gasteiger partial charge on any atom is -0.458 e. The van der Waals surface area contributed by atoms with Crippen molar-refractivity contribution in [2.75, 3.05) is 13.7 Å². The third kappa shape index (κ3) is 2.97. The van der Waals surface area contributed by atoms with Gasteiger partial charge in [-0.2, -0.15) is 0 Å². The van der Waals surface area contributed by atoms with Crippen molar-refractivity contribution in [2.45, 2.75) is 113 Å². The quantitative estimate of drug-likeness (QED) is 0.242. The Bertz CT molecular complexity index is 1290. The fourth-order valence-corrected chi connectivity index (χ4v) is 10.2. The molecule has 0 amide bonds. The van der Waals surface area contributed by atoms with Crippen LogP contribution in [0.2, 0.25) is 0 Å². The number of fused-ring (bicyclic) bond motifs is 5. The van der Waals surface area contributed by atoms with E-state index in [1.54, 1.807) is 6.92 Å². The third-order valence-electron chi connectivity index (χ3n) is 12.2. The zero-order valence-electron chi connectivity index (χ0n) is 23.7. The van der Waals surface area contributed by atoms with E-state index in [1.807, 2.05) is 19.9 Å². The molecule has 0 radical (unpaired) electrons. The van der Waals surface area contributed by atoms with Crippen molar-refractivity contribution in [1.82, 2.24) is 0 Å². The summed E-state index contributed by atoms with van der Waals surface area (Å²) in [5.41, 5.74) is -3.12. The lowest BCUT2D eigenvalue weighted by molar-refractivity contribution is -0.449. The predicted octanol–water partition coefficient (Wildman–Crippen LogP) is 0.677. The van der Waals surface area contributed by atoms with E-state index in [4.69, 9.17) is 28.4 Å². The van der Waals surface area contributed by atoms with E-state index in [0.717, 1.165) is 5.57 Å². The molecule has 4 aliphatic heterocycles. The molecule has 4 heterocycles. The minimum absolute atomic E-state index is 0.0857. The number of Topliss-reactive ketones (excluding diaryl/α,β-unsaturated/α-hetero) is 1. The summed E-state index contributed by atoms with van der Waals surface area (Å²) < 4.78 is 35.8. The van der Waals surface area contributed by atoms with Crippen molar-refractivity contribution >= 4 is 11.8 Å². The molecule has 0 aromatic carbocycles. The Morgan fingerprint density at radius 3 is 2.61 bits per heavy atom. The highest BCUT2D eigenvalue weighted by Gasteiger charge is 2.88. The number of methoxy groups -OCH3 is 1. The van der Waals surface area contributed by atoms with Gasteiger partial charge in [0.15, 0.2) is 5.78 Å². The number of rotatable bonds is 2. The lowest BCUT2D eigenvalue weighted by Crippen LogP contribution is -2.75. The lowest BCUT2D eigenvalue weighted by Gasteiger charge is -2.62. The normalized spacial score (nSPS) is 58.6. The largest absolute Gasteiger partial charge is 0.458 e. The Morgan fingerprint density at radius 1 is 1.12 bits per heavy atom. The first-order valence-electron chi connectivity index (χ1n) is 14.8. The second-order valence-corrected chi connectivity index (χ2v) is 13.9. The van der Waals surface area contributed by atoms with Gasteiger partial charge in [0.25, 0.3) is 0 Å². The van der Waals surface area contributed by atoms with Crippen molar-refractivity contribution in [3.05, 3.63) is 23.3 Å². The molecule has 8 rings (SSSR count). The van der Waals surface area contributed by atoms with Crippen molar-refractivity contribution in [3.63, 3.8) is 0 Å². The van der Waals surface area contributed by atoms with E-state index in [1.165, 1.54) is 13.2 Å². The number of ether oxygens (including phenoxy) is 6. The summed E-state index contributed by atoms with van der Waals surface area (Å²) in [7, 11) is 1.52. The van der Waals surface area contributed by atoms with Gasteiger partial charge in [-0.25, -0.2) is 4.79 Å². The number of cyclic esters (lactones) is 1. The smallest absolute Gasteiger partial charge is 0.331 e. The number of epoxide rings is 1. The van der Waals surface area contributed by atoms with Gasteiger partial charge >= 0.3 is 5.97 Å². The fourth-order valence-electron chi connectivity index (χ4n) is 10.2. The van der Waals surface area contributed by atoms with Gasteiger partial charge in [-0.05, 0) is 56.4 Å². The third-order valence-corrected chi connectivity index (χ3v) is 12.2. The van der Waals surface area contributed by atoms with Gasteiger partial charge in [0.1, 0.15) is 36.1 Å². The molecule has 3 saturated heterocycles. The minimum atomic E-state index is -1.78. The van der Waals surface area contributed by atoms with Gasteiger partial charge in [0, 0.05) is 25.5 Å². The summed E-state index contributed by atoms with van der Waals surface area (Å²) in [5.74, 6) is -3.82. The maximum atomic E-state index is 14.3. The highest BCUT2D eigenvalue weighted by molar-refractivity contribution is 5.94. The second-order valence-electron chi connectivity index (χ2n) is 13.9. The first-order chi connectivity index (χ1) is 19.3. The number of esters is 1. The molecular weight excluding hydrogens is 536 g/mol. The summed E-state index contributed by atoms with van der Waals surface area (Å²) >= 11 is 0. The molecule has 11 heteroatoms. The van der Waals surface area contributed by atoms with Gasteiger partial charge < -0.3 is 43.7 Å². The second kappa shape index (κ2) is 8.06. The molecule has 3 N–H and O–H groups in total. The Morgan fingerprint density at radius 2 is 1.90 bits per heavy atom. The van der Waals surface area contributed by atoms with E-state index >= 15 is 0 Å². The molecule has 11 nitrogen and oxygen atoms in total. The zero-order valence-corrected chi connectivity index (χ0v) is 23.7. The van der Waals surface area contributed by atoms with Crippen LogP contribution < -0.4 is 0 Å². The van der Waals surface area contributed by atoms with Gasteiger partial charge in [-0.15, -0.1) is 0 Å². The first-order valence-corrected chi connectivity index (χ1v) is 14.8. The Labute approximate surface area is 237 Å². The van der Waals surface area contributed by atoms with E-state index in [-0.39, 0.29) is 12.7 Å². The van der Waals surface area contributed by atoms with Crippen LogP contribution in [-0.2, 0) is 38.0 Å². The van der Waals surface area contributed by atoms with Crippen molar-refractivity contribution < 1.29 is 53.3 Å². The molecule has 0 bridgehead atoms. The van der Waals surface area contributed by atoms with Crippen molar-refractivity contribution in [1.29, 1.82) is 0 Å². The van der Waals surface area contributed by atoms with Crippen LogP contribution in [0, 0.1) is 22.7 Å². The van der Waals surface area contributed by atoms with E-state index in [0.29, 0.717) is 37.7 Å². The molecule has 0 aromatic heterocycles. The number of carbonyl (C=O) groups excluding carboxylic acids is 2. The molecule has 0 aromatic rings. The number of ketones is 1. The summed E-state index contributed by atoms with van der Waals surface area (Å²) in [6.07, 6.45) is 0.644. The summed E-state index contributed by atoms with van der Waals surface area (Å²) in [4.78, 5) is 26.2. The Kier molecular flexibility index (Phi) is 5.29. The van der Waals surface area contributed by atoms with Crippen LogP contribution in [0.4, 0.5) is 0 Å². The molecule has 4 aliphatic carbocycles. The number of carbonyl (C=O) groups is 2. The van der Waals surface area contributed by atoms with Crippen LogP contribution in [0.15, 0.2) is 23.3 Å². The standard InChI is InChI=1S/C30H38O11/c1-13-7-20(36-4)30(35)25(38-13)39-18-11-26(2)15(9-17(18)40-30)10-19-29(41-19)23(26)22(32)24(33)27(3)16(5-6-28(27,29)34)14-8-21(31)37-12-14/h8-9,13,16-20,22-23,25,32,34-35H,5-7,10-12H2,1-4H3/t13-,16-,17-,18-,19+,20+,22+,23-,25+,26+,27+,28-,29+,30+/m1/s1. The molecule has 0 unspecified atom stereocenters. The summed E-state index contributed by atoms with van der Waals surface area (Å²) in [5, 5.41) is 36.0. The van der Waals surface area contributed by atoms with E-state index in [2.05, 4.69) is 0 Å². The van der Waals surface area contributed by atoms with Gasteiger partial charge in [-0.1, -0.05) is 18.6 Å². The van der Waals surface area contributed by atoms with Gasteiger partial charge in [0.2, 0.25) is 12.1 Å². The van der Waals surface area contributed by atoms with Crippen LogP contribution in [0.25, 0.3) is 0 Å². The number of hydrogen-bond acceptors (Lipinski definition) is 11. The van der Waals surface area contributed by atoms with Crippen molar-refractivity contribution in [2.24, 2.45) is 22.7 Å². The van der Waals surface area contributed by atoms with Gasteiger partial charge in [0.05, 0.1) is 23.7 Å². The topological polar surface area (TPSA) is 154 Å². The zero-order chi connectivity index (χ0) is 28.9. The van der Waals surface area contributed by atoms with E-state index < -0.39 is 88.2 Å². The maximum absolute atomic E-state index is 14.3. The molecule has 224 valence electrons. The number of aliphatic hydroxyl groups is 3. The average Bonchev–Trinajstić information content (AvgIpc) is 3.36. The highest BCUT2D eigenvalue weighted by Crippen LogP contribution is 2.76. The maximum Gasteiger partial charge on any atom is 0.331 e. The molecule has 14 atom stereocenters. The first kappa shape index (κ1) is 26.9. The van der Waals surface area contributed by atoms with Crippen LogP contribution in [-0.4, -0.2) is 101 Å². The average molecular weight is 575 g/mol. The van der Waals surface area contributed by atoms with Crippen LogP contribution in [0.3, 0.4) is 0 Å². The van der Waals surface area contributed by atoms with Crippen LogP contribution in [0.5, 0.6) is 0 Å². The SMILES string of the molecule is CO[C@H]1C[C@@H](C)O[C@H]2O[C@@H]3C[C@@]4(C)C(=C[C@H]3O[C@]21O)C[C@@H]1O[C@]12[C@@H]4[C@H](O)C(=O)[C@]1(C)[C@@H](C3=CC(=O)OC3)CC[C@]21O. The molecule has 1 spiro atoms. The summed E-state index contributed by atoms with van der Waals surface area (Å²) in [6.45, 7) is 5.70. The fraction of sp³-hybridized carbons (Fsp3) is 0.800. The molecule has 41 heavy (non-hydrogen) atoms. The van der Waals surface area contributed by atoms with E-state index in [9.17, 15) is 24.9 Å². The summed E-state index contributed by atoms with van der Waals surface area (Å²) in [6, 6.07) is 0. The predicted molar refractivity (Wildman–Crippen MR) is 137 cm³/mol. The number of aliphatic hydroxyl groups excluding tert-OH is 1. The van der Waals surface area contributed by atoms with Crippen molar-refractivity contribution in [3.8, 4) is 0 Å². The molecular formula is C30H38O11. The number of hydrogen-bond donors (Lipinski definition) is 3. The molecule has 8 aliphatic rings. The molecule has 3 saturated carbocycles. The Hall–Kier alpha value is -1.70. The molecule has 6 fully saturated rings. The monoisotopic (exact) mass is 574 g/mol.